The first kappa shape index (κ1) is 11.4. The maximum atomic E-state index is 11.3. The van der Waals surface area contributed by atoms with Crippen molar-refractivity contribution in [3.63, 3.8) is 0 Å². The van der Waals surface area contributed by atoms with Crippen LogP contribution >= 0.6 is 8.25 Å². The largest absolute Gasteiger partial charge is 0.738 e. The lowest BCUT2D eigenvalue weighted by molar-refractivity contribution is -0.112. The van der Waals surface area contributed by atoms with Crippen molar-refractivity contribution in [1.82, 2.24) is 9.97 Å². The van der Waals surface area contributed by atoms with E-state index in [1.165, 1.54) is 18.6 Å². The number of rotatable bonds is 5. The summed E-state index contributed by atoms with van der Waals surface area (Å²) in [5.41, 5.74) is 0. The Hall–Kier alpha value is -1.10. The van der Waals surface area contributed by atoms with Gasteiger partial charge in [-0.15, -0.1) is 4.52 Å². The van der Waals surface area contributed by atoms with Gasteiger partial charge in [-0.25, -0.2) is 4.98 Å². The van der Waals surface area contributed by atoms with Gasteiger partial charge >= 0.3 is 8.25 Å². The topological polar surface area (TPSA) is 70.5 Å². The predicted molar refractivity (Wildman–Crippen MR) is 54.7 cm³/mol. The Bertz CT molecular complexity index is 343. The third kappa shape index (κ3) is 3.48. The van der Waals surface area contributed by atoms with E-state index in [9.17, 15) is 4.57 Å². The Morgan fingerprint density at radius 2 is 2.19 bits per heavy atom. The molecule has 86 valence electrons. The van der Waals surface area contributed by atoms with Gasteiger partial charge in [0.2, 0.25) is 0 Å². The number of hydrogen-bond donors (Lipinski definition) is 0. The average Bonchev–Trinajstić information content (AvgIpc) is 2.81. The van der Waals surface area contributed by atoms with Gasteiger partial charge in [0, 0.05) is 16.8 Å². The molecular formula is C9H12N2O4P+. The minimum Gasteiger partial charge on any atom is -0.270 e. The normalized spacial score (nSPS) is 17.4. The van der Waals surface area contributed by atoms with E-state index < -0.39 is 8.25 Å². The summed E-state index contributed by atoms with van der Waals surface area (Å²) in [5.74, 6) is 0.202. The van der Waals surface area contributed by atoms with Crippen molar-refractivity contribution >= 4 is 8.25 Å². The molecule has 16 heavy (non-hydrogen) atoms. The molecule has 1 aromatic heterocycles. The van der Waals surface area contributed by atoms with Gasteiger partial charge in [0.05, 0.1) is 0 Å². The molecule has 1 aromatic rings. The van der Waals surface area contributed by atoms with Crippen molar-refractivity contribution in [2.24, 2.45) is 0 Å². The molecule has 6 nitrogen and oxygen atoms in total. The summed E-state index contributed by atoms with van der Waals surface area (Å²) in [5, 5.41) is 0. The van der Waals surface area contributed by atoms with Crippen LogP contribution in [-0.2, 0) is 13.8 Å². The highest BCUT2D eigenvalue weighted by Crippen LogP contribution is 2.33. The first-order valence-electron chi connectivity index (χ1n) is 5.09. The van der Waals surface area contributed by atoms with Crippen LogP contribution < -0.4 is 4.89 Å². The van der Waals surface area contributed by atoms with Crippen molar-refractivity contribution in [2.75, 3.05) is 0 Å². The summed E-state index contributed by atoms with van der Waals surface area (Å²) in [7, 11) is -2.25. The molecule has 1 atom stereocenters. The highest BCUT2D eigenvalue weighted by molar-refractivity contribution is 7.33. The van der Waals surface area contributed by atoms with E-state index in [4.69, 9.17) is 9.41 Å². The van der Waals surface area contributed by atoms with E-state index in [-0.39, 0.29) is 12.0 Å². The first-order chi connectivity index (χ1) is 7.84. The molecular weight excluding hydrogens is 231 g/mol. The molecule has 1 saturated carbocycles. The Morgan fingerprint density at radius 1 is 1.38 bits per heavy atom. The first-order valence-corrected chi connectivity index (χ1v) is 6.19. The van der Waals surface area contributed by atoms with Gasteiger partial charge in [0.1, 0.15) is 17.1 Å². The molecule has 0 spiro atoms. The van der Waals surface area contributed by atoms with E-state index >= 15 is 0 Å². The molecule has 1 heterocycles. The molecule has 7 heteroatoms. The van der Waals surface area contributed by atoms with Crippen LogP contribution in [0.25, 0.3) is 0 Å². The molecule has 0 radical (unpaired) electrons. The third-order valence-corrected chi connectivity index (χ3v) is 2.94. The molecule has 0 bridgehead atoms. The second-order valence-corrected chi connectivity index (χ2v) is 4.25. The summed E-state index contributed by atoms with van der Waals surface area (Å²) in [6, 6.07) is 1.50. The summed E-state index contributed by atoms with van der Waals surface area (Å²) in [4.78, 5) is 12.2. The van der Waals surface area contributed by atoms with Gasteiger partial charge < -0.3 is 0 Å². The lowest BCUT2D eigenvalue weighted by Crippen LogP contribution is -2.03. The number of hydrogen-bond acceptors (Lipinski definition) is 6. The van der Waals surface area contributed by atoms with E-state index in [1.807, 2.05) is 0 Å². The quantitative estimate of drug-likeness (QED) is 0.449. The van der Waals surface area contributed by atoms with Crippen molar-refractivity contribution < 1.29 is 18.7 Å². The smallest absolute Gasteiger partial charge is 0.270 e. The Morgan fingerprint density at radius 3 is 2.88 bits per heavy atom. The molecule has 1 aliphatic carbocycles. The summed E-state index contributed by atoms with van der Waals surface area (Å²) in [6.45, 7) is 0. The molecule has 0 N–H and O–H groups in total. The fraction of sp³-hybridized carbons (Fsp3) is 0.556. The van der Waals surface area contributed by atoms with E-state index in [2.05, 4.69) is 14.6 Å². The molecule has 2 rings (SSSR count). The van der Waals surface area contributed by atoms with Crippen LogP contribution in [0.4, 0.5) is 0 Å². The molecule has 1 aliphatic rings. The lowest BCUT2D eigenvalue weighted by Gasteiger charge is -1.97. The monoisotopic (exact) mass is 243 g/mol. The van der Waals surface area contributed by atoms with Crippen LogP contribution in [0, 0.1) is 0 Å². The van der Waals surface area contributed by atoms with Crippen molar-refractivity contribution in [1.29, 1.82) is 0 Å². The summed E-state index contributed by atoms with van der Waals surface area (Å²) >= 11 is 0. The maximum Gasteiger partial charge on any atom is 0.738 e. The Balaban J connectivity index is 1.71. The van der Waals surface area contributed by atoms with Crippen LogP contribution in [0.1, 0.15) is 25.7 Å². The summed E-state index contributed by atoms with van der Waals surface area (Å²) in [6.07, 6.45) is 6.91. The molecule has 0 saturated heterocycles. The zero-order valence-electron chi connectivity index (χ0n) is 8.61. The van der Waals surface area contributed by atoms with Gasteiger partial charge in [0.15, 0.2) is 0 Å². The van der Waals surface area contributed by atoms with Gasteiger partial charge in [-0.05, 0) is 12.8 Å². The second kappa shape index (κ2) is 5.84. The molecule has 1 unspecified atom stereocenters. The molecule has 0 amide bonds. The van der Waals surface area contributed by atoms with E-state index in [1.54, 1.807) is 0 Å². The highest BCUT2D eigenvalue weighted by atomic mass is 31.1. The van der Waals surface area contributed by atoms with Crippen molar-refractivity contribution in [3.05, 3.63) is 18.6 Å². The number of aromatic nitrogens is 2. The van der Waals surface area contributed by atoms with E-state index in [0.29, 0.717) is 0 Å². The maximum absolute atomic E-state index is 11.3. The SMILES string of the molecule is O=[P+](OOc1ccncn1)OC1CCCC1. The van der Waals surface area contributed by atoms with Gasteiger partial charge in [-0.2, -0.15) is 4.98 Å². The van der Waals surface area contributed by atoms with Gasteiger partial charge in [-0.3, -0.25) is 4.89 Å². The standard InChI is InChI=1S/C9H12N2O4P/c12-16(14-8-3-1-2-4-8)15-13-9-5-6-10-7-11-9/h5-8H,1-4H2/q+1. The number of nitrogens with zero attached hydrogens (tertiary/aromatic N) is 2. The van der Waals surface area contributed by atoms with Gasteiger partial charge in [0.25, 0.3) is 5.88 Å². The Kier molecular flexibility index (Phi) is 4.16. The highest BCUT2D eigenvalue weighted by Gasteiger charge is 2.31. The minimum absolute atomic E-state index is 0.0256. The van der Waals surface area contributed by atoms with Crippen LogP contribution in [0.2, 0.25) is 0 Å². The van der Waals surface area contributed by atoms with E-state index in [0.717, 1.165) is 25.7 Å². The van der Waals surface area contributed by atoms with Crippen LogP contribution in [0.15, 0.2) is 18.6 Å². The molecule has 1 fully saturated rings. The summed E-state index contributed by atoms with van der Waals surface area (Å²) < 4.78 is 21.0. The fourth-order valence-electron chi connectivity index (χ4n) is 1.53. The predicted octanol–water partition coefficient (Wildman–Crippen LogP) is 2.40. The minimum atomic E-state index is -2.25. The van der Waals surface area contributed by atoms with Crippen LogP contribution in [0.5, 0.6) is 5.88 Å². The zero-order valence-corrected chi connectivity index (χ0v) is 9.51. The van der Waals surface area contributed by atoms with Crippen molar-refractivity contribution in [2.45, 2.75) is 31.8 Å². The van der Waals surface area contributed by atoms with Crippen LogP contribution in [-0.4, -0.2) is 16.1 Å². The van der Waals surface area contributed by atoms with Gasteiger partial charge in [-0.1, -0.05) is 12.8 Å². The van der Waals surface area contributed by atoms with Crippen molar-refractivity contribution in [3.8, 4) is 5.88 Å². The average molecular weight is 243 g/mol. The van der Waals surface area contributed by atoms with Crippen LogP contribution in [0.3, 0.4) is 0 Å². The zero-order chi connectivity index (χ0) is 11.2. The third-order valence-electron chi connectivity index (χ3n) is 2.28. The Labute approximate surface area is 93.8 Å². The molecule has 0 aliphatic heterocycles. The molecule has 0 aromatic carbocycles. The lowest BCUT2D eigenvalue weighted by atomic mass is 10.3. The fourth-order valence-corrected chi connectivity index (χ4v) is 2.16. The second-order valence-electron chi connectivity index (χ2n) is 3.44.